The van der Waals surface area contributed by atoms with Crippen molar-refractivity contribution in [2.75, 3.05) is 12.9 Å². The fraction of sp³-hybridized carbons (Fsp3) is 0.500. The van der Waals surface area contributed by atoms with E-state index in [2.05, 4.69) is 10.3 Å². The van der Waals surface area contributed by atoms with E-state index in [0.717, 1.165) is 0 Å². The van der Waals surface area contributed by atoms with Crippen molar-refractivity contribution >= 4 is 17.9 Å². The number of nitrogens with zero attached hydrogens (tertiary/aromatic N) is 2. The summed E-state index contributed by atoms with van der Waals surface area (Å²) in [6.45, 7) is 3.82. The van der Waals surface area contributed by atoms with E-state index < -0.39 is 6.09 Å². The number of rotatable bonds is 4. The molecule has 1 aromatic heterocycles. The van der Waals surface area contributed by atoms with Crippen LogP contribution in [-0.2, 0) is 11.4 Å². The molecule has 0 saturated heterocycles. The molecule has 0 spiro atoms. The predicted octanol–water partition coefficient (Wildman–Crippen LogP) is 0.977. The second-order valence-corrected chi connectivity index (χ2v) is 3.98. The van der Waals surface area contributed by atoms with Crippen LogP contribution in [0.3, 0.4) is 0 Å². The zero-order valence-electron chi connectivity index (χ0n) is 10.0. The van der Waals surface area contributed by atoms with Gasteiger partial charge in [0.1, 0.15) is 6.67 Å². The topological polar surface area (TPSA) is 73.2 Å². The van der Waals surface area contributed by atoms with Gasteiger partial charge in [0.15, 0.2) is 5.16 Å². The van der Waals surface area contributed by atoms with Gasteiger partial charge in [-0.2, -0.15) is 0 Å². The van der Waals surface area contributed by atoms with Gasteiger partial charge in [-0.05, 0) is 20.1 Å². The number of ether oxygens (including phenoxy) is 1. The van der Waals surface area contributed by atoms with Crippen LogP contribution in [0.25, 0.3) is 0 Å². The van der Waals surface area contributed by atoms with Crippen molar-refractivity contribution in [1.29, 1.82) is 0 Å². The van der Waals surface area contributed by atoms with Gasteiger partial charge in [-0.15, -0.1) is 0 Å². The molecule has 0 aliphatic rings. The van der Waals surface area contributed by atoms with Gasteiger partial charge in [0.2, 0.25) is 0 Å². The van der Waals surface area contributed by atoms with Crippen LogP contribution in [0.4, 0.5) is 4.79 Å². The Hall–Kier alpha value is -1.50. The minimum Gasteiger partial charge on any atom is -0.450 e. The lowest BCUT2D eigenvalue weighted by atomic mass is 10.4. The first-order valence-electron chi connectivity index (χ1n) is 5.11. The van der Waals surface area contributed by atoms with Crippen LogP contribution in [0.1, 0.15) is 12.6 Å². The second kappa shape index (κ2) is 6.29. The Morgan fingerprint density at radius 2 is 2.35 bits per heavy atom. The van der Waals surface area contributed by atoms with E-state index >= 15 is 0 Å². The Kier molecular flexibility index (Phi) is 5.02. The summed E-state index contributed by atoms with van der Waals surface area (Å²) in [5.74, 6) is 0. The molecule has 0 aliphatic carbocycles. The minimum absolute atomic E-state index is 0.0567. The Morgan fingerprint density at radius 3 is 2.94 bits per heavy atom. The van der Waals surface area contributed by atoms with Gasteiger partial charge in [-0.3, -0.25) is 9.36 Å². The van der Waals surface area contributed by atoms with Crippen molar-refractivity contribution < 1.29 is 9.53 Å². The van der Waals surface area contributed by atoms with Crippen molar-refractivity contribution in [3.8, 4) is 0 Å². The third-order valence-electron chi connectivity index (χ3n) is 1.94. The van der Waals surface area contributed by atoms with Crippen molar-refractivity contribution in [2.45, 2.75) is 25.7 Å². The largest absolute Gasteiger partial charge is 0.450 e. The zero-order valence-corrected chi connectivity index (χ0v) is 10.8. The quantitative estimate of drug-likeness (QED) is 0.643. The highest BCUT2D eigenvalue weighted by Crippen LogP contribution is 2.08. The van der Waals surface area contributed by atoms with Crippen LogP contribution in [0.15, 0.2) is 16.0 Å². The van der Waals surface area contributed by atoms with Crippen molar-refractivity contribution in [2.24, 2.45) is 0 Å². The van der Waals surface area contributed by atoms with Gasteiger partial charge in [-0.1, -0.05) is 11.8 Å². The van der Waals surface area contributed by atoms with Crippen LogP contribution < -0.4 is 10.9 Å². The summed E-state index contributed by atoms with van der Waals surface area (Å²) in [4.78, 5) is 27.0. The zero-order chi connectivity index (χ0) is 12.8. The lowest BCUT2D eigenvalue weighted by molar-refractivity contribution is 0.148. The molecule has 6 nitrogen and oxygen atoms in total. The average molecular weight is 257 g/mol. The number of nitrogens with one attached hydrogen (secondary N) is 1. The van der Waals surface area contributed by atoms with Gasteiger partial charge >= 0.3 is 6.09 Å². The molecule has 17 heavy (non-hydrogen) atoms. The Balaban J connectivity index is 2.83. The molecule has 0 aromatic carbocycles. The van der Waals surface area contributed by atoms with E-state index in [-0.39, 0.29) is 12.2 Å². The number of aromatic nitrogens is 2. The molecule has 1 heterocycles. The summed E-state index contributed by atoms with van der Waals surface area (Å²) in [7, 11) is 0. The SMILES string of the molecule is CCOC(=O)NCn1c(SC)nc(C)cc1=O. The highest BCUT2D eigenvalue weighted by atomic mass is 32.2. The molecule has 0 atom stereocenters. The lowest BCUT2D eigenvalue weighted by Crippen LogP contribution is -2.33. The number of alkyl carbamates (subject to hydrolysis) is 1. The standard InChI is InChI=1S/C10H15N3O3S/c1-4-16-10(15)11-6-13-8(14)5-7(2)12-9(13)17-3/h5H,4,6H2,1-3H3,(H,11,15). The summed E-state index contributed by atoms with van der Waals surface area (Å²) in [6.07, 6.45) is 1.27. The maximum Gasteiger partial charge on any atom is 0.408 e. The first kappa shape index (κ1) is 13.6. The number of thioether (sulfide) groups is 1. The first-order valence-corrected chi connectivity index (χ1v) is 6.34. The Bertz CT molecular complexity index is 459. The van der Waals surface area contributed by atoms with E-state index in [4.69, 9.17) is 4.74 Å². The molecule has 0 aliphatic heterocycles. The molecule has 1 aromatic rings. The fourth-order valence-corrected chi connectivity index (χ4v) is 1.83. The fourth-order valence-electron chi connectivity index (χ4n) is 1.22. The number of amides is 1. The molecule has 1 rings (SSSR count). The molecular weight excluding hydrogens is 242 g/mol. The van der Waals surface area contributed by atoms with Gasteiger partial charge < -0.3 is 10.1 Å². The van der Waals surface area contributed by atoms with E-state index in [1.807, 2.05) is 6.26 Å². The second-order valence-electron chi connectivity index (χ2n) is 3.21. The summed E-state index contributed by atoms with van der Waals surface area (Å²) < 4.78 is 6.09. The normalized spacial score (nSPS) is 10.1. The average Bonchev–Trinajstić information content (AvgIpc) is 2.27. The minimum atomic E-state index is -0.549. The summed E-state index contributed by atoms with van der Waals surface area (Å²) in [5.41, 5.74) is 0.463. The molecule has 1 N–H and O–H groups in total. The van der Waals surface area contributed by atoms with Crippen LogP contribution >= 0.6 is 11.8 Å². The third-order valence-corrected chi connectivity index (χ3v) is 2.62. The molecule has 94 valence electrons. The maximum absolute atomic E-state index is 11.7. The smallest absolute Gasteiger partial charge is 0.408 e. The number of aryl methyl sites for hydroxylation is 1. The predicted molar refractivity (Wildman–Crippen MR) is 65.2 cm³/mol. The van der Waals surface area contributed by atoms with E-state index in [0.29, 0.717) is 17.5 Å². The van der Waals surface area contributed by atoms with Crippen LogP contribution in [0.2, 0.25) is 0 Å². The molecule has 0 saturated carbocycles. The third kappa shape index (κ3) is 3.77. The van der Waals surface area contributed by atoms with Crippen molar-refractivity contribution in [3.05, 3.63) is 22.1 Å². The Morgan fingerprint density at radius 1 is 1.65 bits per heavy atom. The van der Waals surface area contributed by atoms with Gasteiger partial charge in [0, 0.05) is 11.8 Å². The number of hydrogen-bond donors (Lipinski definition) is 1. The molecule has 0 fully saturated rings. The molecule has 7 heteroatoms. The van der Waals surface area contributed by atoms with Crippen LogP contribution in [0.5, 0.6) is 0 Å². The van der Waals surface area contributed by atoms with Gasteiger partial charge in [0.25, 0.3) is 5.56 Å². The number of carbonyl (C=O) groups excluding carboxylic acids is 1. The molecular formula is C10H15N3O3S. The summed E-state index contributed by atoms with van der Waals surface area (Å²) in [5, 5.41) is 3.05. The monoisotopic (exact) mass is 257 g/mol. The lowest BCUT2D eigenvalue weighted by Gasteiger charge is -2.11. The van der Waals surface area contributed by atoms with Crippen LogP contribution in [0, 0.1) is 6.92 Å². The van der Waals surface area contributed by atoms with Crippen LogP contribution in [-0.4, -0.2) is 28.5 Å². The summed E-state index contributed by atoms with van der Waals surface area (Å²) in [6, 6.07) is 1.42. The molecule has 0 unspecified atom stereocenters. The van der Waals surface area contributed by atoms with E-state index in [9.17, 15) is 9.59 Å². The first-order chi connectivity index (χ1) is 8.08. The maximum atomic E-state index is 11.7. The van der Waals surface area contributed by atoms with Gasteiger partial charge in [0.05, 0.1) is 6.61 Å². The summed E-state index contributed by atoms with van der Waals surface area (Å²) >= 11 is 1.35. The Labute approximate surface area is 103 Å². The molecule has 0 bridgehead atoms. The van der Waals surface area contributed by atoms with Crippen molar-refractivity contribution in [1.82, 2.24) is 14.9 Å². The molecule has 1 amide bonds. The highest BCUT2D eigenvalue weighted by Gasteiger charge is 2.07. The van der Waals surface area contributed by atoms with E-state index in [1.165, 1.54) is 22.4 Å². The van der Waals surface area contributed by atoms with E-state index in [1.54, 1.807) is 13.8 Å². The van der Waals surface area contributed by atoms with Crippen molar-refractivity contribution in [3.63, 3.8) is 0 Å². The molecule has 0 radical (unpaired) electrons. The highest BCUT2D eigenvalue weighted by molar-refractivity contribution is 7.98. The van der Waals surface area contributed by atoms with Gasteiger partial charge in [-0.25, -0.2) is 9.78 Å². The number of hydrogen-bond acceptors (Lipinski definition) is 5. The number of carbonyl (C=O) groups is 1.